The van der Waals surface area contributed by atoms with Crippen LogP contribution in [-0.2, 0) is 6.54 Å². The van der Waals surface area contributed by atoms with Gasteiger partial charge in [-0.15, -0.1) is 0 Å². The normalized spacial score (nSPS) is 10.6. The van der Waals surface area contributed by atoms with E-state index in [0.717, 1.165) is 7.11 Å². The van der Waals surface area contributed by atoms with Crippen molar-refractivity contribution >= 4 is 0 Å². The second-order valence-corrected chi connectivity index (χ2v) is 2.59. The maximum Gasteiger partial charge on any atom is 0.290 e. The largest absolute Gasteiger partial charge is 0.491 e. The summed E-state index contributed by atoms with van der Waals surface area (Å²) in [5, 5.41) is 0. The molecule has 0 aliphatic carbocycles. The Balaban J connectivity index is 3.44. The minimum absolute atomic E-state index is 0.0766. The summed E-state index contributed by atoms with van der Waals surface area (Å²) in [5.74, 6) is -0.372. The molecule has 0 spiro atoms. The van der Waals surface area contributed by atoms with Crippen molar-refractivity contribution < 1.29 is 13.5 Å². The van der Waals surface area contributed by atoms with Gasteiger partial charge < -0.3 is 15.5 Å². The molecule has 0 saturated carbocycles. The number of hydrogen-bond donors (Lipinski definition) is 2. The number of ether oxygens (including phenoxy) is 1. The Hall–Kier alpha value is -1.43. The highest BCUT2D eigenvalue weighted by molar-refractivity contribution is 5.38. The molecule has 0 atom stereocenters. The fourth-order valence-corrected chi connectivity index (χ4v) is 1.17. The van der Waals surface area contributed by atoms with Crippen LogP contribution in [0.2, 0.25) is 0 Å². The van der Waals surface area contributed by atoms with Gasteiger partial charge in [0.1, 0.15) is 0 Å². The Kier molecular flexibility index (Phi) is 3.19. The van der Waals surface area contributed by atoms with Crippen LogP contribution in [0, 0.1) is 0 Å². The molecule has 1 rings (SSSR count). The number of methoxy groups -OCH3 is 1. The van der Waals surface area contributed by atoms with Crippen molar-refractivity contribution in [2.24, 2.45) is 5.73 Å². The summed E-state index contributed by atoms with van der Waals surface area (Å²) in [6.07, 6.45) is -1.60. The lowest BCUT2D eigenvalue weighted by Gasteiger charge is -2.10. The summed E-state index contributed by atoms with van der Waals surface area (Å²) in [6, 6.07) is 0. The SMILES string of the molecule is COc1c(C(F)F)c(CN)c[nH]c1=O. The van der Waals surface area contributed by atoms with E-state index in [1.54, 1.807) is 0 Å². The van der Waals surface area contributed by atoms with Crippen LogP contribution in [0.1, 0.15) is 17.6 Å². The molecule has 0 aliphatic heterocycles. The third kappa shape index (κ3) is 1.74. The quantitative estimate of drug-likeness (QED) is 0.764. The molecule has 0 unspecified atom stereocenters. The maximum absolute atomic E-state index is 12.6. The molecular weight excluding hydrogens is 194 g/mol. The molecule has 0 saturated heterocycles. The van der Waals surface area contributed by atoms with Crippen LogP contribution in [0.25, 0.3) is 0 Å². The molecule has 4 nitrogen and oxygen atoms in total. The minimum Gasteiger partial charge on any atom is -0.491 e. The van der Waals surface area contributed by atoms with Gasteiger partial charge >= 0.3 is 0 Å². The molecule has 1 aromatic rings. The number of alkyl halides is 2. The maximum atomic E-state index is 12.6. The number of H-pyrrole nitrogens is 1. The van der Waals surface area contributed by atoms with Crippen LogP contribution in [0.4, 0.5) is 8.78 Å². The second kappa shape index (κ2) is 4.19. The standard InChI is InChI=1S/C8H10F2N2O2/c1-14-6-5(7(9)10)4(2-11)3-12-8(6)13/h3,7H,2,11H2,1H3,(H,12,13). The van der Waals surface area contributed by atoms with Crippen LogP contribution in [0.5, 0.6) is 5.75 Å². The number of pyridine rings is 1. The van der Waals surface area contributed by atoms with Crippen LogP contribution in [-0.4, -0.2) is 12.1 Å². The predicted molar refractivity (Wildman–Crippen MR) is 46.5 cm³/mol. The Morgan fingerprint density at radius 2 is 2.29 bits per heavy atom. The summed E-state index contributed by atoms with van der Waals surface area (Å²) in [4.78, 5) is 13.4. The Labute approximate surface area is 78.7 Å². The zero-order valence-corrected chi connectivity index (χ0v) is 7.51. The molecule has 0 radical (unpaired) electrons. The van der Waals surface area contributed by atoms with E-state index in [9.17, 15) is 13.6 Å². The van der Waals surface area contributed by atoms with Crippen LogP contribution < -0.4 is 16.0 Å². The molecule has 0 amide bonds. The highest BCUT2D eigenvalue weighted by Crippen LogP contribution is 2.28. The van der Waals surface area contributed by atoms with E-state index in [-0.39, 0.29) is 17.9 Å². The molecule has 14 heavy (non-hydrogen) atoms. The zero-order valence-electron chi connectivity index (χ0n) is 7.51. The lowest BCUT2D eigenvalue weighted by Crippen LogP contribution is -2.15. The van der Waals surface area contributed by atoms with Gasteiger partial charge in [-0.3, -0.25) is 4.79 Å². The Morgan fingerprint density at radius 3 is 2.71 bits per heavy atom. The highest BCUT2D eigenvalue weighted by atomic mass is 19.3. The number of halogens is 2. The molecular formula is C8H10F2N2O2. The molecule has 78 valence electrons. The average molecular weight is 204 g/mol. The van der Waals surface area contributed by atoms with Gasteiger partial charge in [0, 0.05) is 12.7 Å². The fourth-order valence-electron chi connectivity index (χ4n) is 1.17. The van der Waals surface area contributed by atoms with Crippen molar-refractivity contribution in [3.05, 3.63) is 27.7 Å². The summed E-state index contributed by atoms with van der Waals surface area (Å²) >= 11 is 0. The summed E-state index contributed by atoms with van der Waals surface area (Å²) in [7, 11) is 1.16. The van der Waals surface area contributed by atoms with Crippen molar-refractivity contribution in [3.8, 4) is 5.75 Å². The van der Waals surface area contributed by atoms with E-state index in [1.807, 2.05) is 0 Å². The number of aromatic amines is 1. The first-order chi connectivity index (χ1) is 6.61. The third-order valence-corrected chi connectivity index (χ3v) is 1.82. The van der Waals surface area contributed by atoms with Crippen molar-refractivity contribution in [2.45, 2.75) is 13.0 Å². The monoisotopic (exact) mass is 204 g/mol. The molecule has 1 aromatic heterocycles. The van der Waals surface area contributed by atoms with Crippen molar-refractivity contribution in [2.75, 3.05) is 7.11 Å². The first-order valence-corrected chi connectivity index (χ1v) is 3.88. The second-order valence-electron chi connectivity index (χ2n) is 2.59. The lowest BCUT2D eigenvalue weighted by molar-refractivity contribution is 0.145. The molecule has 1 heterocycles. The van der Waals surface area contributed by atoms with Gasteiger partial charge in [-0.1, -0.05) is 0 Å². The van der Waals surface area contributed by atoms with Gasteiger partial charge in [0.15, 0.2) is 5.75 Å². The summed E-state index contributed by atoms with van der Waals surface area (Å²) < 4.78 is 29.7. The van der Waals surface area contributed by atoms with E-state index >= 15 is 0 Å². The van der Waals surface area contributed by atoms with E-state index in [2.05, 4.69) is 9.72 Å². The number of hydrogen-bond acceptors (Lipinski definition) is 3. The average Bonchev–Trinajstić information content (AvgIpc) is 2.17. The van der Waals surface area contributed by atoms with Crippen LogP contribution in [0.15, 0.2) is 11.0 Å². The first-order valence-electron chi connectivity index (χ1n) is 3.88. The molecule has 0 aromatic carbocycles. The van der Waals surface area contributed by atoms with Gasteiger partial charge in [-0.25, -0.2) is 8.78 Å². The zero-order chi connectivity index (χ0) is 10.7. The first kappa shape index (κ1) is 10.6. The van der Waals surface area contributed by atoms with Crippen LogP contribution >= 0.6 is 0 Å². The molecule has 6 heteroatoms. The smallest absolute Gasteiger partial charge is 0.290 e. The molecule has 0 bridgehead atoms. The third-order valence-electron chi connectivity index (χ3n) is 1.82. The van der Waals surface area contributed by atoms with Gasteiger partial charge in [0.2, 0.25) is 0 Å². The Morgan fingerprint density at radius 1 is 1.64 bits per heavy atom. The van der Waals surface area contributed by atoms with Crippen molar-refractivity contribution in [1.29, 1.82) is 0 Å². The molecule has 3 N–H and O–H groups in total. The number of nitrogens with one attached hydrogen (secondary N) is 1. The van der Waals surface area contributed by atoms with Gasteiger partial charge in [0.25, 0.3) is 12.0 Å². The van der Waals surface area contributed by atoms with Gasteiger partial charge in [-0.2, -0.15) is 0 Å². The topological polar surface area (TPSA) is 68.1 Å². The van der Waals surface area contributed by atoms with Gasteiger partial charge in [0.05, 0.1) is 12.7 Å². The number of nitrogens with two attached hydrogens (primary N) is 1. The Bertz CT molecular complexity index is 376. The van der Waals surface area contributed by atoms with E-state index in [4.69, 9.17) is 5.73 Å². The van der Waals surface area contributed by atoms with Crippen molar-refractivity contribution in [1.82, 2.24) is 4.98 Å². The van der Waals surface area contributed by atoms with E-state index in [0.29, 0.717) is 0 Å². The van der Waals surface area contributed by atoms with E-state index < -0.39 is 17.5 Å². The highest BCUT2D eigenvalue weighted by Gasteiger charge is 2.20. The van der Waals surface area contributed by atoms with Gasteiger partial charge in [-0.05, 0) is 5.56 Å². The van der Waals surface area contributed by atoms with Crippen molar-refractivity contribution in [3.63, 3.8) is 0 Å². The van der Waals surface area contributed by atoms with Crippen LogP contribution in [0.3, 0.4) is 0 Å². The predicted octanol–water partition coefficient (Wildman–Crippen LogP) is 0.780. The summed E-state index contributed by atoms with van der Waals surface area (Å²) in [5.41, 5.74) is 4.32. The van der Waals surface area contributed by atoms with E-state index in [1.165, 1.54) is 6.20 Å². The summed E-state index contributed by atoms with van der Waals surface area (Å²) in [6.45, 7) is -0.0766. The minimum atomic E-state index is -2.77. The number of rotatable bonds is 3. The molecule has 0 aliphatic rings. The molecule has 0 fully saturated rings. The lowest BCUT2D eigenvalue weighted by atomic mass is 10.1. The fraction of sp³-hybridized carbons (Fsp3) is 0.375. The number of aromatic nitrogens is 1.